The molecule has 0 aliphatic heterocycles. The average molecular weight is 419 g/mol. The van der Waals surface area contributed by atoms with Gasteiger partial charge in [0.15, 0.2) is 0 Å². The summed E-state index contributed by atoms with van der Waals surface area (Å²) in [5.74, 6) is 1.28. The fraction of sp³-hybridized carbons (Fsp3) is 0.375. The quantitative estimate of drug-likeness (QED) is 0.329. The summed E-state index contributed by atoms with van der Waals surface area (Å²) in [6.07, 6.45) is 5.13. The van der Waals surface area contributed by atoms with Gasteiger partial charge in [-0.1, -0.05) is 30.4 Å². The Morgan fingerprint density at radius 2 is 1.94 bits per heavy atom. The number of aliphatic hydroxyl groups is 1. The Balaban J connectivity index is 1.46. The van der Waals surface area contributed by atoms with Crippen LogP contribution in [0.15, 0.2) is 65.7 Å². The number of carbonyl (C=O) groups is 1. The van der Waals surface area contributed by atoms with Crippen molar-refractivity contribution in [1.29, 1.82) is 0 Å². The van der Waals surface area contributed by atoms with Crippen molar-refractivity contribution in [1.82, 2.24) is 15.0 Å². The van der Waals surface area contributed by atoms with Gasteiger partial charge in [0.1, 0.15) is 41.5 Å². The Labute approximate surface area is 180 Å². The van der Waals surface area contributed by atoms with Crippen LogP contribution in [0.25, 0.3) is 16.7 Å². The van der Waals surface area contributed by atoms with Gasteiger partial charge in [-0.3, -0.25) is 0 Å². The average Bonchev–Trinajstić information content (AvgIpc) is 3.44. The van der Waals surface area contributed by atoms with Crippen molar-refractivity contribution < 1.29 is 19.4 Å². The maximum absolute atomic E-state index is 11.6. The molecule has 5 rings (SSSR count). The molecule has 0 amide bonds. The van der Waals surface area contributed by atoms with Crippen LogP contribution in [0.4, 0.5) is 0 Å². The molecule has 1 aromatic heterocycles. The number of hydrogen-bond acceptors (Lipinski definition) is 6. The first-order valence-electron chi connectivity index (χ1n) is 10.5. The third-order valence-corrected chi connectivity index (χ3v) is 6.49. The number of benzene rings is 1. The van der Waals surface area contributed by atoms with Crippen molar-refractivity contribution in [3.05, 3.63) is 65.7 Å². The molecule has 4 unspecified atom stereocenters. The van der Waals surface area contributed by atoms with Gasteiger partial charge in [0.05, 0.1) is 0 Å². The van der Waals surface area contributed by atoms with E-state index >= 15 is 0 Å². The van der Waals surface area contributed by atoms with Crippen LogP contribution in [0.3, 0.4) is 0 Å². The van der Waals surface area contributed by atoms with E-state index in [4.69, 9.17) is 9.47 Å². The standard InChI is InChI=1S/C24H25N3O4/c1-13(2)24(29)31-9-8-30-20-12-19(27-25-17-6-4-5-7-18(17)26-27)23(28)22-16-11-15(21(20)22)10-14(16)3/h4-7,10,12,15-16,21-22,28H,1,8-9,11H2,2-3H3. The molecule has 0 radical (unpaired) electrons. The van der Waals surface area contributed by atoms with E-state index in [0.29, 0.717) is 22.9 Å². The van der Waals surface area contributed by atoms with Crippen molar-refractivity contribution in [3.63, 3.8) is 0 Å². The summed E-state index contributed by atoms with van der Waals surface area (Å²) in [6, 6.07) is 7.60. The fourth-order valence-corrected chi connectivity index (χ4v) is 5.11. The van der Waals surface area contributed by atoms with Crippen molar-refractivity contribution in [2.75, 3.05) is 13.2 Å². The second-order valence-corrected chi connectivity index (χ2v) is 8.53. The van der Waals surface area contributed by atoms with E-state index in [-0.39, 0.29) is 31.0 Å². The zero-order valence-corrected chi connectivity index (χ0v) is 17.6. The van der Waals surface area contributed by atoms with Gasteiger partial charge in [-0.05, 0) is 44.2 Å². The number of rotatable bonds is 6. The number of nitrogens with zero attached hydrogens (tertiary/aromatic N) is 3. The maximum Gasteiger partial charge on any atom is 0.333 e. The number of aromatic nitrogens is 3. The van der Waals surface area contributed by atoms with Gasteiger partial charge < -0.3 is 14.6 Å². The highest BCUT2D eigenvalue weighted by Gasteiger charge is 2.53. The molecule has 31 heavy (non-hydrogen) atoms. The van der Waals surface area contributed by atoms with Crippen LogP contribution in [0.5, 0.6) is 0 Å². The highest BCUT2D eigenvalue weighted by Crippen LogP contribution is 2.58. The third-order valence-electron chi connectivity index (χ3n) is 6.49. The van der Waals surface area contributed by atoms with Gasteiger partial charge in [0, 0.05) is 23.5 Å². The van der Waals surface area contributed by atoms with Crippen molar-refractivity contribution in [2.45, 2.75) is 20.3 Å². The summed E-state index contributed by atoms with van der Waals surface area (Å²) in [5.41, 5.74) is 3.73. The number of aliphatic hydroxyl groups excluding tert-OH is 1. The third kappa shape index (κ3) is 3.24. The molecule has 1 fully saturated rings. The minimum absolute atomic E-state index is 0.0583. The molecule has 1 saturated carbocycles. The molecule has 0 saturated heterocycles. The highest BCUT2D eigenvalue weighted by molar-refractivity contribution is 5.86. The molecule has 4 atom stereocenters. The number of hydrogen-bond donors (Lipinski definition) is 1. The van der Waals surface area contributed by atoms with E-state index in [1.54, 1.807) is 6.92 Å². The van der Waals surface area contributed by atoms with Gasteiger partial charge in [0.25, 0.3) is 0 Å². The molecule has 7 heteroatoms. The second-order valence-electron chi connectivity index (χ2n) is 8.53. The number of fused-ring (bicyclic) bond motifs is 6. The zero-order chi connectivity index (χ0) is 21.7. The molecule has 1 N–H and O–H groups in total. The monoisotopic (exact) mass is 419 g/mol. The molecule has 0 spiro atoms. The molecule has 7 nitrogen and oxygen atoms in total. The molecular weight excluding hydrogens is 394 g/mol. The molecule has 2 bridgehead atoms. The van der Waals surface area contributed by atoms with Gasteiger partial charge in [-0.25, -0.2) is 4.79 Å². The minimum atomic E-state index is -0.428. The summed E-state index contributed by atoms with van der Waals surface area (Å²) < 4.78 is 11.3. The normalized spacial score (nSPS) is 26.5. The molecule has 1 heterocycles. The Bertz CT molecular complexity index is 1140. The molecule has 3 aliphatic rings. The van der Waals surface area contributed by atoms with Crippen molar-refractivity contribution in [3.8, 4) is 0 Å². The number of esters is 1. The largest absolute Gasteiger partial charge is 0.510 e. The number of carbonyl (C=O) groups excluding carboxylic acids is 1. The Kier molecular flexibility index (Phi) is 4.68. The number of allylic oxidation sites excluding steroid dienone is 6. The predicted octanol–water partition coefficient (Wildman–Crippen LogP) is 4.02. The van der Waals surface area contributed by atoms with E-state index in [2.05, 4.69) is 29.8 Å². The molecule has 160 valence electrons. The lowest BCUT2D eigenvalue weighted by Crippen LogP contribution is -2.31. The minimum Gasteiger partial charge on any atom is -0.510 e. The summed E-state index contributed by atoms with van der Waals surface area (Å²) in [5, 5.41) is 20.4. The topological polar surface area (TPSA) is 86.5 Å². The van der Waals surface area contributed by atoms with Crippen LogP contribution < -0.4 is 0 Å². The lowest BCUT2D eigenvalue weighted by molar-refractivity contribution is -0.140. The second kappa shape index (κ2) is 7.41. The Morgan fingerprint density at radius 1 is 1.23 bits per heavy atom. The van der Waals surface area contributed by atoms with Crippen LogP contribution in [0.1, 0.15) is 20.3 Å². The van der Waals surface area contributed by atoms with Crippen molar-refractivity contribution in [2.24, 2.45) is 23.7 Å². The highest BCUT2D eigenvalue weighted by atomic mass is 16.6. The van der Waals surface area contributed by atoms with Gasteiger partial charge in [-0.15, -0.1) is 15.0 Å². The first kappa shape index (κ1) is 19.6. The molecule has 3 aliphatic carbocycles. The van der Waals surface area contributed by atoms with E-state index in [1.807, 2.05) is 30.3 Å². The first-order valence-corrected chi connectivity index (χ1v) is 10.5. The van der Waals surface area contributed by atoms with E-state index in [1.165, 1.54) is 10.4 Å². The smallest absolute Gasteiger partial charge is 0.333 e. The molecule has 1 aromatic carbocycles. The van der Waals surface area contributed by atoms with Gasteiger partial charge >= 0.3 is 5.97 Å². The predicted molar refractivity (Wildman–Crippen MR) is 116 cm³/mol. The fourth-order valence-electron chi connectivity index (χ4n) is 5.11. The zero-order valence-electron chi connectivity index (χ0n) is 17.6. The lowest BCUT2D eigenvalue weighted by Gasteiger charge is -2.35. The lowest BCUT2D eigenvalue weighted by atomic mass is 9.75. The Morgan fingerprint density at radius 3 is 2.61 bits per heavy atom. The van der Waals surface area contributed by atoms with E-state index < -0.39 is 5.97 Å². The maximum atomic E-state index is 11.6. The van der Waals surface area contributed by atoms with E-state index in [9.17, 15) is 9.90 Å². The number of ether oxygens (including phenoxy) is 2. The summed E-state index contributed by atoms with van der Waals surface area (Å²) in [4.78, 5) is 13.1. The van der Waals surface area contributed by atoms with Crippen LogP contribution >= 0.6 is 0 Å². The summed E-state index contributed by atoms with van der Waals surface area (Å²) >= 11 is 0. The first-order chi connectivity index (χ1) is 14.9. The summed E-state index contributed by atoms with van der Waals surface area (Å²) in [6.45, 7) is 7.70. The SMILES string of the molecule is C=C(C)C(=O)OCCOC1=CC(n2nc3ccccc3n2)=C(O)C2C3CC(C=C3C)C12. The molecular formula is C24H25N3O4. The summed E-state index contributed by atoms with van der Waals surface area (Å²) in [7, 11) is 0. The van der Waals surface area contributed by atoms with E-state index in [0.717, 1.165) is 23.2 Å². The molecule has 2 aromatic rings. The Hall–Kier alpha value is -3.35. The van der Waals surface area contributed by atoms with Crippen LogP contribution in [-0.4, -0.2) is 39.3 Å². The van der Waals surface area contributed by atoms with Crippen LogP contribution in [0.2, 0.25) is 0 Å². The van der Waals surface area contributed by atoms with Crippen LogP contribution in [0, 0.1) is 23.7 Å². The van der Waals surface area contributed by atoms with Crippen LogP contribution in [-0.2, 0) is 14.3 Å². The van der Waals surface area contributed by atoms with Gasteiger partial charge in [0.2, 0.25) is 0 Å². The van der Waals surface area contributed by atoms with Gasteiger partial charge in [-0.2, -0.15) is 0 Å². The van der Waals surface area contributed by atoms with Crippen molar-refractivity contribution >= 4 is 22.7 Å².